The van der Waals surface area contributed by atoms with Crippen LogP contribution in [-0.2, 0) is 14.3 Å². The number of ether oxygens (including phenoxy) is 1. The molecule has 0 aliphatic carbocycles. The molecule has 70 valence electrons. The molecule has 0 rings (SSSR count). The van der Waals surface area contributed by atoms with Gasteiger partial charge in [0.05, 0.1) is 5.75 Å². The molecule has 0 saturated carbocycles. The van der Waals surface area contributed by atoms with Crippen LogP contribution in [0.15, 0.2) is 0 Å². The molecule has 0 saturated heterocycles. The molecule has 0 aromatic rings. The lowest BCUT2D eigenvalue weighted by molar-refractivity contribution is -0.157. The van der Waals surface area contributed by atoms with Crippen LogP contribution in [0.2, 0.25) is 0 Å². The van der Waals surface area contributed by atoms with Crippen LogP contribution in [0, 0.1) is 0 Å². The van der Waals surface area contributed by atoms with E-state index in [1.165, 1.54) is 0 Å². The molecule has 0 aliphatic rings. The Morgan fingerprint density at radius 2 is 1.92 bits per heavy atom. The number of thiol groups is 1. The summed E-state index contributed by atoms with van der Waals surface area (Å²) in [6, 6.07) is 0. The molecule has 3 nitrogen and oxygen atoms in total. The van der Waals surface area contributed by atoms with Crippen LogP contribution >= 0.6 is 12.6 Å². The fourth-order valence-electron chi connectivity index (χ4n) is 0.730. The Balaban J connectivity index is 3.40. The fraction of sp³-hybridized carbons (Fsp3) is 0.750. The van der Waals surface area contributed by atoms with Crippen molar-refractivity contribution in [3.8, 4) is 0 Å². The van der Waals surface area contributed by atoms with E-state index in [1.54, 1.807) is 0 Å². The van der Waals surface area contributed by atoms with Gasteiger partial charge in [-0.1, -0.05) is 19.8 Å². The minimum atomic E-state index is -0.570. The second-order valence-corrected chi connectivity index (χ2v) is 2.78. The van der Waals surface area contributed by atoms with Gasteiger partial charge in [0.25, 0.3) is 0 Å². The molecule has 0 bridgehead atoms. The molecule has 0 N–H and O–H groups in total. The average Bonchev–Trinajstić information content (AvgIpc) is 2.05. The van der Waals surface area contributed by atoms with E-state index in [0.717, 1.165) is 19.3 Å². The van der Waals surface area contributed by atoms with Gasteiger partial charge in [-0.15, -0.1) is 0 Å². The number of unbranched alkanes of at least 4 members (excludes halogenated alkanes) is 2. The number of carbonyl (C=O) groups is 2. The van der Waals surface area contributed by atoms with Crippen molar-refractivity contribution in [3.05, 3.63) is 0 Å². The Morgan fingerprint density at radius 1 is 1.25 bits per heavy atom. The van der Waals surface area contributed by atoms with Crippen molar-refractivity contribution in [2.75, 3.05) is 5.75 Å². The van der Waals surface area contributed by atoms with E-state index in [-0.39, 0.29) is 5.75 Å². The monoisotopic (exact) mass is 190 g/mol. The van der Waals surface area contributed by atoms with Gasteiger partial charge in [0.15, 0.2) is 0 Å². The third-order valence-corrected chi connectivity index (χ3v) is 1.60. The Kier molecular flexibility index (Phi) is 6.85. The fourth-order valence-corrected chi connectivity index (χ4v) is 0.794. The quantitative estimate of drug-likeness (QED) is 0.310. The maximum Gasteiger partial charge on any atom is 0.323 e. The molecule has 0 amide bonds. The average molecular weight is 190 g/mol. The Morgan fingerprint density at radius 3 is 2.42 bits per heavy atom. The molecule has 4 heteroatoms. The smallest absolute Gasteiger partial charge is 0.323 e. The molecular formula is C8H14O3S. The number of carbonyl (C=O) groups excluding carboxylic acids is 2. The number of esters is 2. The first-order chi connectivity index (χ1) is 5.70. The molecular weight excluding hydrogens is 176 g/mol. The highest BCUT2D eigenvalue weighted by atomic mass is 32.1. The summed E-state index contributed by atoms with van der Waals surface area (Å²) in [5.41, 5.74) is 0. The maximum absolute atomic E-state index is 10.8. The van der Waals surface area contributed by atoms with Crippen LogP contribution in [0.1, 0.15) is 32.6 Å². The molecule has 0 aliphatic heterocycles. The van der Waals surface area contributed by atoms with E-state index >= 15 is 0 Å². The van der Waals surface area contributed by atoms with E-state index in [1.807, 2.05) is 6.92 Å². The van der Waals surface area contributed by atoms with Gasteiger partial charge >= 0.3 is 11.9 Å². The summed E-state index contributed by atoms with van der Waals surface area (Å²) in [5, 5.41) is 0. The lowest BCUT2D eigenvalue weighted by atomic mass is 10.2. The summed E-state index contributed by atoms with van der Waals surface area (Å²) in [6.07, 6.45) is 3.15. The van der Waals surface area contributed by atoms with E-state index in [9.17, 15) is 9.59 Å². The summed E-state index contributed by atoms with van der Waals surface area (Å²) in [5.74, 6) is -1.05. The normalized spacial score (nSPS) is 9.50. The van der Waals surface area contributed by atoms with Crippen LogP contribution in [-0.4, -0.2) is 17.7 Å². The van der Waals surface area contributed by atoms with E-state index in [2.05, 4.69) is 17.4 Å². The third-order valence-electron chi connectivity index (χ3n) is 1.34. The van der Waals surface area contributed by atoms with Crippen LogP contribution < -0.4 is 0 Å². The van der Waals surface area contributed by atoms with Gasteiger partial charge in [0, 0.05) is 6.42 Å². The molecule has 0 aromatic carbocycles. The van der Waals surface area contributed by atoms with Crippen LogP contribution in [0.4, 0.5) is 0 Å². The van der Waals surface area contributed by atoms with Crippen molar-refractivity contribution in [2.24, 2.45) is 0 Å². The maximum atomic E-state index is 10.8. The van der Waals surface area contributed by atoms with Gasteiger partial charge in [-0.3, -0.25) is 9.59 Å². The summed E-state index contributed by atoms with van der Waals surface area (Å²) >= 11 is 3.67. The molecule has 0 radical (unpaired) electrons. The van der Waals surface area contributed by atoms with Crippen molar-refractivity contribution in [1.82, 2.24) is 0 Å². The van der Waals surface area contributed by atoms with Crippen LogP contribution in [0.5, 0.6) is 0 Å². The highest BCUT2D eigenvalue weighted by Crippen LogP contribution is 2.00. The zero-order chi connectivity index (χ0) is 9.40. The van der Waals surface area contributed by atoms with E-state index < -0.39 is 11.9 Å². The molecule has 12 heavy (non-hydrogen) atoms. The minimum Gasteiger partial charge on any atom is -0.393 e. The summed E-state index contributed by atoms with van der Waals surface area (Å²) in [7, 11) is 0. The van der Waals surface area contributed by atoms with Gasteiger partial charge in [-0.05, 0) is 6.42 Å². The Labute approximate surface area is 77.9 Å². The third kappa shape index (κ3) is 6.22. The molecule has 0 spiro atoms. The second kappa shape index (κ2) is 7.16. The highest BCUT2D eigenvalue weighted by molar-refractivity contribution is 7.81. The van der Waals surface area contributed by atoms with E-state index in [4.69, 9.17) is 0 Å². The molecule has 0 atom stereocenters. The first-order valence-corrected chi connectivity index (χ1v) is 4.68. The minimum absolute atomic E-state index is 0.0421. The zero-order valence-corrected chi connectivity index (χ0v) is 8.10. The standard InChI is InChI=1S/C8H14O3S/c1-2-3-4-5-7(9)11-8(10)6-12/h12H,2-6H2,1H3. The van der Waals surface area contributed by atoms with Gasteiger partial charge in [0.1, 0.15) is 0 Å². The van der Waals surface area contributed by atoms with Gasteiger partial charge in [-0.25, -0.2) is 0 Å². The summed E-state index contributed by atoms with van der Waals surface area (Å²) < 4.78 is 4.39. The predicted molar refractivity (Wildman–Crippen MR) is 49.1 cm³/mol. The summed E-state index contributed by atoms with van der Waals surface area (Å²) in [4.78, 5) is 21.3. The van der Waals surface area contributed by atoms with Crippen molar-refractivity contribution in [2.45, 2.75) is 32.6 Å². The number of hydrogen-bond acceptors (Lipinski definition) is 4. The zero-order valence-electron chi connectivity index (χ0n) is 7.21. The Bertz CT molecular complexity index is 156. The first-order valence-electron chi connectivity index (χ1n) is 4.05. The largest absolute Gasteiger partial charge is 0.393 e. The lowest BCUT2D eigenvalue weighted by Gasteiger charge is -1.99. The predicted octanol–water partition coefficient (Wildman–Crippen LogP) is 1.57. The van der Waals surface area contributed by atoms with Crippen LogP contribution in [0.3, 0.4) is 0 Å². The number of rotatable bonds is 5. The SMILES string of the molecule is CCCCCC(=O)OC(=O)CS. The Hall–Kier alpha value is -0.510. The van der Waals surface area contributed by atoms with Crippen molar-refractivity contribution >= 4 is 24.6 Å². The topological polar surface area (TPSA) is 43.4 Å². The molecule has 0 unspecified atom stereocenters. The van der Waals surface area contributed by atoms with Crippen molar-refractivity contribution in [3.63, 3.8) is 0 Å². The lowest BCUT2D eigenvalue weighted by Crippen LogP contribution is -2.12. The van der Waals surface area contributed by atoms with Crippen molar-refractivity contribution in [1.29, 1.82) is 0 Å². The van der Waals surface area contributed by atoms with Gasteiger partial charge in [-0.2, -0.15) is 12.6 Å². The van der Waals surface area contributed by atoms with E-state index in [0.29, 0.717) is 6.42 Å². The molecule has 0 aromatic heterocycles. The highest BCUT2D eigenvalue weighted by Gasteiger charge is 2.07. The molecule has 0 heterocycles. The second-order valence-electron chi connectivity index (χ2n) is 2.46. The van der Waals surface area contributed by atoms with Gasteiger partial charge in [0.2, 0.25) is 0 Å². The number of hydrogen-bond donors (Lipinski definition) is 1. The van der Waals surface area contributed by atoms with Crippen LogP contribution in [0.25, 0.3) is 0 Å². The summed E-state index contributed by atoms with van der Waals surface area (Å²) in [6.45, 7) is 2.05. The van der Waals surface area contributed by atoms with Crippen molar-refractivity contribution < 1.29 is 14.3 Å². The molecule has 0 fully saturated rings. The van der Waals surface area contributed by atoms with Gasteiger partial charge < -0.3 is 4.74 Å². The first kappa shape index (κ1) is 11.5.